The van der Waals surface area contributed by atoms with Crippen molar-refractivity contribution >= 4 is 17.6 Å². The Hall–Kier alpha value is -2.10. The summed E-state index contributed by atoms with van der Waals surface area (Å²) in [6, 6.07) is 7.80. The number of carboxylic acids is 1. The van der Waals surface area contributed by atoms with Crippen LogP contribution in [0.2, 0.25) is 0 Å². The molecule has 1 aliphatic heterocycles. The van der Waals surface area contributed by atoms with Gasteiger partial charge in [0.25, 0.3) is 5.91 Å². The number of aliphatic carboxylic acids is 1. The first-order chi connectivity index (χ1) is 8.93. The van der Waals surface area contributed by atoms with E-state index in [0.717, 1.165) is 17.7 Å². The molecule has 1 aliphatic rings. The number of rotatable bonds is 2. The van der Waals surface area contributed by atoms with Crippen LogP contribution in [0.25, 0.3) is 0 Å². The van der Waals surface area contributed by atoms with Gasteiger partial charge in [0.15, 0.2) is 0 Å². The lowest BCUT2D eigenvalue weighted by Gasteiger charge is -2.23. The van der Waals surface area contributed by atoms with Crippen LogP contribution in [0.1, 0.15) is 26.3 Å². The van der Waals surface area contributed by atoms with E-state index in [1.54, 1.807) is 11.8 Å². The third-order valence-electron chi connectivity index (χ3n) is 3.63. The Morgan fingerprint density at radius 2 is 1.84 bits per heavy atom. The fourth-order valence-corrected chi connectivity index (χ4v) is 2.38. The minimum absolute atomic E-state index is 0.0569. The van der Waals surface area contributed by atoms with Crippen LogP contribution in [0.4, 0.5) is 5.69 Å². The monoisotopic (exact) mass is 259 g/mol. The molecule has 1 aromatic rings. The van der Waals surface area contributed by atoms with Gasteiger partial charge in [-0.05, 0) is 38.8 Å². The minimum Gasteiger partial charge on any atom is -0.478 e. The van der Waals surface area contributed by atoms with Crippen LogP contribution >= 0.6 is 0 Å². The maximum Gasteiger partial charge on any atom is 0.331 e. The molecule has 0 spiro atoms. The van der Waals surface area contributed by atoms with Gasteiger partial charge in [0.05, 0.1) is 0 Å². The zero-order valence-corrected chi connectivity index (χ0v) is 11.3. The molecule has 4 heteroatoms. The largest absolute Gasteiger partial charge is 0.478 e. The first-order valence-electron chi connectivity index (χ1n) is 6.25. The van der Waals surface area contributed by atoms with Crippen molar-refractivity contribution in [2.24, 2.45) is 0 Å². The first kappa shape index (κ1) is 13.3. The van der Waals surface area contributed by atoms with Gasteiger partial charge in [-0.25, -0.2) is 4.79 Å². The van der Waals surface area contributed by atoms with Crippen molar-refractivity contribution < 1.29 is 14.7 Å². The Bertz CT molecular complexity index is 575. The average Bonchev–Trinajstić information content (AvgIpc) is 2.71. The summed E-state index contributed by atoms with van der Waals surface area (Å²) in [5.74, 6) is -1.27. The number of nitrogens with zero attached hydrogens (tertiary/aromatic N) is 1. The zero-order chi connectivity index (χ0) is 14.2. The second kappa shape index (κ2) is 4.88. The zero-order valence-electron chi connectivity index (χ0n) is 11.3. The molecule has 0 aliphatic carbocycles. The van der Waals surface area contributed by atoms with Crippen molar-refractivity contribution in [1.82, 2.24) is 0 Å². The van der Waals surface area contributed by atoms with E-state index >= 15 is 0 Å². The molecule has 1 aromatic carbocycles. The lowest BCUT2D eigenvalue weighted by atomic mass is 10.1. The average molecular weight is 259 g/mol. The third-order valence-corrected chi connectivity index (χ3v) is 3.63. The van der Waals surface area contributed by atoms with E-state index in [-0.39, 0.29) is 23.1 Å². The van der Waals surface area contributed by atoms with Crippen LogP contribution in [-0.4, -0.2) is 23.0 Å². The highest BCUT2D eigenvalue weighted by molar-refractivity contribution is 6.10. The van der Waals surface area contributed by atoms with Crippen molar-refractivity contribution in [3.05, 3.63) is 41.0 Å². The summed E-state index contributed by atoms with van der Waals surface area (Å²) in [6.45, 7) is 5.00. The molecule has 0 radical (unpaired) electrons. The number of hydrogen-bond acceptors (Lipinski definition) is 2. The van der Waals surface area contributed by atoms with Gasteiger partial charge < -0.3 is 10.0 Å². The molecular formula is C15H17NO3. The predicted octanol–water partition coefficient (Wildman–Crippen LogP) is 2.39. The fraction of sp³-hybridized carbons (Fsp3) is 0.333. The van der Waals surface area contributed by atoms with Gasteiger partial charge in [-0.2, -0.15) is 0 Å². The fourth-order valence-electron chi connectivity index (χ4n) is 2.38. The number of carbonyl (C=O) groups is 2. The Balaban J connectivity index is 2.41. The van der Waals surface area contributed by atoms with Crippen molar-refractivity contribution in [3.63, 3.8) is 0 Å². The molecule has 1 amide bonds. The Labute approximate surface area is 112 Å². The molecule has 0 aromatic heterocycles. The van der Waals surface area contributed by atoms with Crippen molar-refractivity contribution in [2.75, 3.05) is 4.90 Å². The van der Waals surface area contributed by atoms with Crippen LogP contribution in [0.3, 0.4) is 0 Å². The van der Waals surface area contributed by atoms with E-state index < -0.39 is 5.97 Å². The smallest absolute Gasteiger partial charge is 0.331 e. The van der Waals surface area contributed by atoms with Crippen molar-refractivity contribution in [2.45, 2.75) is 33.2 Å². The summed E-state index contributed by atoms with van der Waals surface area (Å²) in [6.07, 6.45) is 0.807. The molecule has 0 fully saturated rings. The van der Waals surface area contributed by atoms with Gasteiger partial charge in [-0.1, -0.05) is 18.2 Å². The maximum atomic E-state index is 12.5. The number of carboxylic acid groups (broad SMARTS) is 1. The number of carbonyl (C=O) groups excluding carboxylic acids is 1. The standard InChI is InChI=1S/C15H17NO3/c1-9-8-12-6-4-5-7-13(12)16(9)14(17)10(2)11(3)15(18)19/h4-7,9H,8H2,1-3H3,(H,18,19). The first-order valence-corrected chi connectivity index (χ1v) is 6.25. The van der Waals surface area contributed by atoms with Gasteiger partial charge in [-0.3, -0.25) is 4.79 Å². The number of anilines is 1. The van der Waals surface area contributed by atoms with Gasteiger partial charge in [0.2, 0.25) is 0 Å². The summed E-state index contributed by atoms with van der Waals surface area (Å²) in [4.78, 5) is 25.1. The number of fused-ring (bicyclic) bond motifs is 1. The Kier molecular flexibility index (Phi) is 3.42. The summed E-state index contributed by atoms with van der Waals surface area (Å²) in [5, 5.41) is 8.98. The molecule has 0 bridgehead atoms. The number of amides is 1. The molecule has 2 rings (SSSR count). The van der Waals surface area contributed by atoms with Crippen molar-refractivity contribution in [1.29, 1.82) is 0 Å². The van der Waals surface area contributed by atoms with Crippen LogP contribution in [0.5, 0.6) is 0 Å². The number of benzene rings is 1. The molecule has 4 nitrogen and oxygen atoms in total. The highest BCUT2D eigenvalue weighted by Crippen LogP contribution is 2.33. The number of para-hydroxylation sites is 1. The van der Waals surface area contributed by atoms with Gasteiger partial charge in [-0.15, -0.1) is 0 Å². The Morgan fingerprint density at radius 3 is 2.47 bits per heavy atom. The number of hydrogen-bond donors (Lipinski definition) is 1. The van der Waals surface area contributed by atoms with Crippen LogP contribution in [0.15, 0.2) is 35.4 Å². The summed E-state index contributed by atoms with van der Waals surface area (Å²) in [7, 11) is 0. The van der Waals surface area contributed by atoms with E-state index in [1.165, 1.54) is 6.92 Å². The molecule has 1 atom stereocenters. The molecule has 1 N–H and O–H groups in total. The molecule has 0 saturated carbocycles. The summed E-state index contributed by atoms with van der Waals surface area (Å²) in [5.41, 5.74) is 2.40. The molecule has 1 unspecified atom stereocenters. The van der Waals surface area contributed by atoms with E-state index in [2.05, 4.69) is 0 Å². The van der Waals surface area contributed by atoms with Crippen LogP contribution in [-0.2, 0) is 16.0 Å². The van der Waals surface area contributed by atoms with Gasteiger partial charge in [0.1, 0.15) is 0 Å². The van der Waals surface area contributed by atoms with Gasteiger partial charge >= 0.3 is 5.97 Å². The van der Waals surface area contributed by atoms with Gasteiger partial charge in [0, 0.05) is 22.9 Å². The second-order valence-corrected chi connectivity index (χ2v) is 4.91. The van der Waals surface area contributed by atoms with Crippen LogP contribution in [0, 0.1) is 0 Å². The highest BCUT2D eigenvalue weighted by atomic mass is 16.4. The van der Waals surface area contributed by atoms with Crippen LogP contribution < -0.4 is 4.90 Å². The Morgan fingerprint density at radius 1 is 1.21 bits per heavy atom. The lowest BCUT2D eigenvalue weighted by Crippen LogP contribution is -2.36. The molecule has 1 heterocycles. The molecule has 0 saturated heterocycles. The van der Waals surface area contributed by atoms with E-state index in [9.17, 15) is 9.59 Å². The second-order valence-electron chi connectivity index (χ2n) is 4.91. The molecular weight excluding hydrogens is 242 g/mol. The van der Waals surface area contributed by atoms with Crippen molar-refractivity contribution in [3.8, 4) is 0 Å². The highest BCUT2D eigenvalue weighted by Gasteiger charge is 2.32. The van der Waals surface area contributed by atoms with E-state index in [4.69, 9.17) is 5.11 Å². The summed E-state index contributed by atoms with van der Waals surface area (Å²) < 4.78 is 0. The summed E-state index contributed by atoms with van der Waals surface area (Å²) >= 11 is 0. The van der Waals surface area contributed by atoms with E-state index in [0.29, 0.717) is 0 Å². The topological polar surface area (TPSA) is 57.6 Å². The maximum absolute atomic E-state index is 12.5. The normalized spacial score (nSPS) is 18.9. The third kappa shape index (κ3) is 2.26. The minimum atomic E-state index is -1.05. The molecule has 100 valence electrons. The SMILES string of the molecule is CC(C(=O)O)=C(C)C(=O)N1c2ccccc2CC1C. The quantitative estimate of drug-likeness (QED) is 0.830. The van der Waals surface area contributed by atoms with E-state index in [1.807, 2.05) is 31.2 Å². The predicted molar refractivity (Wildman–Crippen MR) is 73.1 cm³/mol. The molecule has 19 heavy (non-hydrogen) atoms. The lowest BCUT2D eigenvalue weighted by molar-refractivity contribution is -0.133.